The molecule has 0 unspecified atom stereocenters. The molecule has 0 saturated carbocycles. The Morgan fingerprint density at radius 3 is 2.04 bits per heavy atom. The Kier molecular flexibility index (Phi) is 6.00. The third-order valence-electron chi connectivity index (χ3n) is 3.26. The Hall–Kier alpha value is -2.58. The SMILES string of the molecule is NC(=O)NS(=O)(=O)c1ccc(CCCl)cc1.O=c1[nH]c2ccc1cc2. The third kappa shape index (κ3) is 5.20. The minimum Gasteiger partial charge on any atom is -0.351 e. The van der Waals surface area contributed by atoms with Gasteiger partial charge in [0.15, 0.2) is 0 Å². The Balaban J connectivity index is 0.000000208. The van der Waals surface area contributed by atoms with Gasteiger partial charge in [-0.2, -0.15) is 0 Å². The first-order valence-electron chi connectivity index (χ1n) is 7.20. The number of aromatic nitrogens is 1. The van der Waals surface area contributed by atoms with Crippen LogP contribution in [0.4, 0.5) is 4.79 Å². The second-order valence-corrected chi connectivity index (χ2v) is 7.14. The molecular weight excluding hydrogens is 366 g/mol. The molecule has 0 aliphatic rings. The Bertz CT molecular complexity index is 980. The second kappa shape index (κ2) is 8.00. The number of urea groups is 1. The first kappa shape index (κ1) is 18.8. The van der Waals surface area contributed by atoms with Gasteiger partial charge in [0, 0.05) is 16.8 Å². The average molecular weight is 382 g/mol. The van der Waals surface area contributed by atoms with Gasteiger partial charge >= 0.3 is 6.03 Å². The van der Waals surface area contributed by atoms with Crippen molar-refractivity contribution in [3.05, 3.63) is 64.4 Å². The summed E-state index contributed by atoms with van der Waals surface area (Å²) < 4.78 is 24.6. The molecule has 2 aromatic carbocycles. The topological polar surface area (TPSA) is 122 Å². The van der Waals surface area contributed by atoms with E-state index in [9.17, 15) is 18.0 Å². The molecule has 2 aromatic heterocycles. The molecule has 4 aromatic rings. The minimum atomic E-state index is -3.85. The molecule has 132 valence electrons. The van der Waals surface area contributed by atoms with Gasteiger partial charge in [0.1, 0.15) is 0 Å². The Morgan fingerprint density at radius 1 is 1.08 bits per heavy atom. The van der Waals surface area contributed by atoms with E-state index in [0.29, 0.717) is 12.3 Å². The van der Waals surface area contributed by atoms with Crippen LogP contribution >= 0.6 is 11.6 Å². The maximum Gasteiger partial charge on any atom is 0.326 e. The molecule has 0 spiro atoms. The molecule has 2 heterocycles. The number of hydrogen-bond acceptors (Lipinski definition) is 4. The molecule has 0 fully saturated rings. The van der Waals surface area contributed by atoms with Crippen LogP contribution < -0.4 is 16.0 Å². The summed E-state index contributed by atoms with van der Waals surface area (Å²) in [6.07, 6.45) is 0.658. The molecule has 9 heteroatoms. The van der Waals surface area contributed by atoms with Crippen LogP contribution in [0.2, 0.25) is 0 Å². The van der Waals surface area contributed by atoms with Crippen molar-refractivity contribution in [3.63, 3.8) is 0 Å². The van der Waals surface area contributed by atoms with Crippen LogP contribution in [0.15, 0.2) is 58.2 Å². The summed E-state index contributed by atoms with van der Waals surface area (Å²) in [7, 11) is -3.85. The number of H-pyrrole nitrogens is 1. The van der Waals surface area contributed by atoms with Crippen LogP contribution in [-0.2, 0) is 16.4 Å². The molecule has 0 aliphatic carbocycles. The molecule has 25 heavy (non-hydrogen) atoms. The molecular formula is C16H16ClN3O4S. The van der Waals surface area contributed by atoms with E-state index in [0.717, 1.165) is 16.5 Å². The van der Waals surface area contributed by atoms with E-state index in [2.05, 4.69) is 4.98 Å². The number of pyridine rings is 2. The second-order valence-electron chi connectivity index (χ2n) is 5.08. The van der Waals surface area contributed by atoms with Crippen LogP contribution in [0.3, 0.4) is 0 Å². The number of primary amides is 1. The Morgan fingerprint density at radius 2 is 1.68 bits per heavy atom. The fraction of sp³-hybridized carbons (Fsp3) is 0.125. The fourth-order valence-corrected chi connectivity index (χ4v) is 3.14. The summed E-state index contributed by atoms with van der Waals surface area (Å²) in [4.78, 5) is 23.9. The van der Waals surface area contributed by atoms with Gasteiger partial charge in [-0.25, -0.2) is 17.9 Å². The van der Waals surface area contributed by atoms with E-state index in [4.69, 9.17) is 17.3 Å². The van der Waals surface area contributed by atoms with Gasteiger partial charge in [0.05, 0.1) is 4.90 Å². The number of nitrogens with two attached hydrogens (primary N) is 1. The highest BCUT2D eigenvalue weighted by Crippen LogP contribution is 2.11. The van der Waals surface area contributed by atoms with Gasteiger partial charge in [-0.15, -0.1) is 11.6 Å². The maximum absolute atomic E-state index is 11.5. The van der Waals surface area contributed by atoms with E-state index >= 15 is 0 Å². The van der Waals surface area contributed by atoms with Crippen molar-refractivity contribution in [1.82, 2.24) is 9.71 Å². The maximum atomic E-state index is 11.5. The zero-order chi connectivity index (χ0) is 18.4. The van der Waals surface area contributed by atoms with Crippen molar-refractivity contribution in [2.75, 3.05) is 5.88 Å². The molecule has 7 nitrogen and oxygen atoms in total. The number of carbonyl (C=O) groups is 1. The highest BCUT2D eigenvalue weighted by atomic mass is 35.5. The number of nitrogens with one attached hydrogen (secondary N) is 2. The lowest BCUT2D eigenvalue weighted by molar-refractivity contribution is 0.253. The molecule has 0 radical (unpaired) electrons. The molecule has 0 saturated heterocycles. The highest BCUT2D eigenvalue weighted by Gasteiger charge is 2.15. The number of sulfonamides is 1. The molecule has 4 N–H and O–H groups in total. The molecule has 0 aliphatic heterocycles. The lowest BCUT2D eigenvalue weighted by Crippen LogP contribution is -2.34. The number of hydrogen-bond donors (Lipinski definition) is 3. The zero-order valence-electron chi connectivity index (χ0n) is 13.0. The van der Waals surface area contributed by atoms with Gasteiger partial charge in [-0.1, -0.05) is 12.1 Å². The number of halogens is 1. The number of alkyl halides is 1. The van der Waals surface area contributed by atoms with Crippen LogP contribution in [-0.4, -0.2) is 25.3 Å². The number of fused-ring (bicyclic) bond motifs is 3. The van der Waals surface area contributed by atoms with Crippen LogP contribution in [0.1, 0.15) is 5.56 Å². The fourth-order valence-electron chi connectivity index (χ4n) is 2.04. The summed E-state index contributed by atoms with van der Waals surface area (Å²) in [5, 5.41) is 0.741. The third-order valence-corrected chi connectivity index (χ3v) is 4.81. The number of rotatable bonds is 4. The van der Waals surface area contributed by atoms with Crippen molar-refractivity contribution < 1.29 is 13.2 Å². The summed E-state index contributed by atoms with van der Waals surface area (Å²) in [5.41, 5.74) is 6.56. The van der Waals surface area contributed by atoms with E-state index in [1.807, 2.05) is 24.3 Å². The predicted molar refractivity (Wildman–Crippen MR) is 96.5 cm³/mol. The van der Waals surface area contributed by atoms with Gasteiger partial charge < -0.3 is 10.7 Å². The van der Waals surface area contributed by atoms with E-state index in [-0.39, 0.29) is 10.5 Å². The average Bonchev–Trinajstić information content (AvgIpc) is 2.56. The number of aromatic amines is 1. The lowest BCUT2D eigenvalue weighted by atomic mass is 10.2. The highest BCUT2D eigenvalue weighted by molar-refractivity contribution is 7.90. The molecule has 2 amide bonds. The summed E-state index contributed by atoms with van der Waals surface area (Å²) in [6, 6.07) is 12.4. The predicted octanol–water partition coefficient (Wildman–Crippen LogP) is 1.79. The van der Waals surface area contributed by atoms with E-state index in [1.165, 1.54) is 12.1 Å². The van der Waals surface area contributed by atoms with Crippen LogP contribution in [0.5, 0.6) is 0 Å². The van der Waals surface area contributed by atoms with Crippen molar-refractivity contribution in [3.8, 4) is 0 Å². The first-order valence-corrected chi connectivity index (χ1v) is 9.22. The monoisotopic (exact) mass is 381 g/mol. The minimum absolute atomic E-state index is 0.00926. The van der Waals surface area contributed by atoms with Gasteiger partial charge in [-0.05, 0) is 48.4 Å². The molecule has 0 atom stereocenters. The van der Waals surface area contributed by atoms with E-state index in [1.54, 1.807) is 16.9 Å². The smallest absolute Gasteiger partial charge is 0.326 e. The molecule has 4 rings (SSSR count). The van der Waals surface area contributed by atoms with Gasteiger partial charge in [0.2, 0.25) is 0 Å². The van der Waals surface area contributed by atoms with Crippen molar-refractivity contribution in [2.24, 2.45) is 5.73 Å². The zero-order valence-corrected chi connectivity index (χ0v) is 14.6. The van der Waals surface area contributed by atoms with Crippen LogP contribution in [0.25, 0.3) is 10.9 Å². The summed E-state index contributed by atoms with van der Waals surface area (Å²) in [5.74, 6) is 0.464. The normalized spacial score (nSPS) is 10.9. The number of benzene rings is 2. The summed E-state index contributed by atoms with van der Waals surface area (Å²) >= 11 is 5.54. The van der Waals surface area contributed by atoms with E-state index < -0.39 is 16.1 Å². The van der Waals surface area contributed by atoms with Gasteiger partial charge in [0.25, 0.3) is 15.6 Å². The number of carbonyl (C=O) groups excluding carboxylic acids is 1. The van der Waals surface area contributed by atoms with Crippen LogP contribution in [0, 0.1) is 0 Å². The van der Waals surface area contributed by atoms with Gasteiger partial charge in [-0.3, -0.25) is 4.79 Å². The standard InChI is InChI=1S/C9H11ClN2O3S.C7H5NO/c10-6-5-7-1-3-8(4-2-7)16(14,15)12-9(11)13;9-7-5-1-3-6(8-7)4-2-5/h1-4H,5-6H2,(H3,11,12,13);1-4H,(H,8,9). The summed E-state index contributed by atoms with van der Waals surface area (Å²) in [6.45, 7) is 0. The first-order chi connectivity index (χ1) is 11.8. The van der Waals surface area contributed by atoms with Crippen molar-refractivity contribution >= 4 is 38.6 Å². The lowest BCUT2D eigenvalue weighted by Gasteiger charge is -2.05. The molecule has 2 bridgehead atoms. The number of aryl methyl sites for hydroxylation is 1. The number of amides is 2. The Labute approximate surface area is 149 Å². The quantitative estimate of drug-likeness (QED) is 0.596. The van der Waals surface area contributed by atoms with Crippen molar-refractivity contribution in [1.29, 1.82) is 0 Å². The van der Waals surface area contributed by atoms with Crippen molar-refractivity contribution in [2.45, 2.75) is 11.3 Å². The largest absolute Gasteiger partial charge is 0.351 e.